The molecule has 0 aromatic heterocycles. The van der Waals surface area contributed by atoms with Gasteiger partial charge in [-0.1, -0.05) is 36.4 Å². The van der Waals surface area contributed by atoms with Crippen molar-refractivity contribution in [2.75, 3.05) is 13.1 Å². The molecule has 0 aliphatic carbocycles. The van der Waals surface area contributed by atoms with Gasteiger partial charge in [0.15, 0.2) is 5.41 Å². The maximum absolute atomic E-state index is 14.2. The summed E-state index contributed by atoms with van der Waals surface area (Å²) in [4.78, 5) is 13.1. The lowest BCUT2D eigenvalue weighted by Crippen LogP contribution is -2.50. The molecule has 2 atom stereocenters. The maximum Gasteiger partial charge on any atom is 0.406 e. The van der Waals surface area contributed by atoms with E-state index in [0.29, 0.717) is 11.6 Å². The van der Waals surface area contributed by atoms with Crippen LogP contribution in [-0.4, -0.2) is 35.2 Å². The molecule has 0 bridgehead atoms. The molecule has 2 aromatic carbocycles. The summed E-state index contributed by atoms with van der Waals surface area (Å²) < 4.78 is 69.2. The summed E-state index contributed by atoms with van der Waals surface area (Å²) in [6.07, 6.45) is -5.12. The van der Waals surface area contributed by atoms with Crippen LogP contribution in [0, 0.1) is 17.0 Å². The molecule has 1 fully saturated rings. The summed E-state index contributed by atoms with van der Waals surface area (Å²) in [5, 5.41) is 9.52. The van der Waals surface area contributed by atoms with Gasteiger partial charge < -0.3 is 5.11 Å². The quantitative estimate of drug-likeness (QED) is 0.802. The first-order valence-corrected chi connectivity index (χ1v) is 8.16. The number of nitrogens with zero attached hydrogens (tertiary/aromatic N) is 1. The zero-order valence-electron chi connectivity index (χ0n) is 14.0. The van der Waals surface area contributed by atoms with E-state index in [1.54, 1.807) is 30.3 Å². The molecule has 3 nitrogen and oxygen atoms in total. The Kier molecular flexibility index (Phi) is 4.94. The van der Waals surface area contributed by atoms with Crippen molar-refractivity contribution in [2.45, 2.75) is 18.6 Å². The second kappa shape index (κ2) is 6.92. The highest BCUT2D eigenvalue weighted by atomic mass is 19.4. The highest BCUT2D eigenvalue weighted by Gasteiger charge is 2.69. The lowest BCUT2D eigenvalue weighted by Gasteiger charge is -2.32. The first kappa shape index (κ1) is 19.3. The molecule has 3 rings (SSSR count). The van der Waals surface area contributed by atoms with Crippen molar-refractivity contribution >= 4 is 5.97 Å². The third-order valence-corrected chi connectivity index (χ3v) is 4.98. The van der Waals surface area contributed by atoms with E-state index < -0.39 is 47.2 Å². The van der Waals surface area contributed by atoms with E-state index in [-0.39, 0.29) is 13.1 Å². The van der Waals surface area contributed by atoms with Crippen molar-refractivity contribution in [1.29, 1.82) is 0 Å². The Morgan fingerprint density at radius 3 is 2.37 bits per heavy atom. The molecule has 1 N–H and O–H groups in total. The molecule has 0 saturated carbocycles. The molecule has 1 saturated heterocycles. The molecule has 1 aliphatic rings. The Balaban J connectivity index is 2.05. The van der Waals surface area contributed by atoms with Crippen molar-refractivity contribution in [3.05, 3.63) is 71.3 Å². The van der Waals surface area contributed by atoms with Crippen LogP contribution in [0.2, 0.25) is 0 Å². The molecule has 1 aliphatic heterocycles. The third-order valence-electron chi connectivity index (χ3n) is 4.98. The average molecular weight is 385 g/mol. The van der Waals surface area contributed by atoms with E-state index in [1.807, 2.05) is 0 Å². The summed E-state index contributed by atoms with van der Waals surface area (Å²) in [5.74, 6) is -5.89. The third kappa shape index (κ3) is 3.41. The fourth-order valence-corrected chi connectivity index (χ4v) is 3.68. The van der Waals surface area contributed by atoms with Crippen LogP contribution >= 0.6 is 0 Å². The first-order chi connectivity index (χ1) is 12.6. The lowest BCUT2D eigenvalue weighted by atomic mass is 9.73. The monoisotopic (exact) mass is 385 g/mol. The number of alkyl halides is 3. The number of rotatable bonds is 4. The summed E-state index contributed by atoms with van der Waals surface area (Å²) >= 11 is 0. The highest BCUT2D eigenvalue weighted by Crippen LogP contribution is 2.54. The van der Waals surface area contributed by atoms with E-state index in [2.05, 4.69) is 0 Å². The van der Waals surface area contributed by atoms with Gasteiger partial charge in [0.05, 0.1) is 0 Å². The van der Waals surface area contributed by atoms with Crippen LogP contribution in [0.1, 0.15) is 17.0 Å². The summed E-state index contributed by atoms with van der Waals surface area (Å²) in [6.45, 7) is -1.04. The van der Waals surface area contributed by atoms with Crippen LogP contribution < -0.4 is 0 Å². The molecule has 0 amide bonds. The van der Waals surface area contributed by atoms with E-state index in [9.17, 15) is 31.9 Å². The minimum atomic E-state index is -5.12. The smallest absolute Gasteiger partial charge is 0.406 e. The van der Waals surface area contributed by atoms with Crippen LogP contribution in [0.4, 0.5) is 22.0 Å². The Morgan fingerprint density at radius 2 is 1.81 bits per heavy atom. The molecule has 0 spiro atoms. The molecule has 27 heavy (non-hydrogen) atoms. The van der Waals surface area contributed by atoms with Gasteiger partial charge in [-0.2, -0.15) is 13.2 Å². The van der Waals surface area contributed by atoms with Gasteiger partial charge in [-0.3, -0.25) is 9.69 Å². The Morgan fingerprint density at radius 1 is 1.15 bits per heavy atom. The fraction of sp³-hybridized carbons (Fsp3) is 0.316. The minimum absolute atomic E-state index is 0.0886. The Labute approximate surface area is 152 Å². The largest absolute Gasteiger partial charge is 0.481 e. The van der Waals surface area contributed by atoms with Gasteiger partial charge in [-0.05, 0) is 17.2 Å². The number of aliphatic carboxylic acids is 1. The number of carbonyl (C=O) groups is 1. The van der Waals surface area contributed by atoms with Crippen molar-refractivity contribution in [3.63, 3.8) is 0 Å². The van der Waals surface area contributed by atoms with Crippen LogP contribution in [0.25, 0.3) is 0 Å². The van der Waals surface area contributed by atoms with Crippen LogP contribution in [0.5, 0.6) is 0 Å². The number of likely N-dealkylation sites (tertiary alicyclic amines) is 1. The van der Waals surface area contributed by atoms with Gasteiger partial charge in [0.2, 0.25) is 0 Å². The molecule has 8 heteroatoms. The number of hydrogen-bond acceptors (Lipinski definition) is 2. The van der Waals surface area contributed by atoms with E-state index in [0.717, 1.165) is 12.1 Å². The molecule has 1 heterocycles. The second-order valence-electron chi connectivity index (χ2n) is 6.65. The zero-order chi connectivity index (χ0) is 19.8. The predicted molar refractivity (Wildman–Crippen MR) is 86.9 cm³/mol. The average Bonchev–Trinajstić information content (AvgIpc) is 2.96. The SMILES string of the molecule is O=C(O)C1(C(F)(F)F)CN(Cc2ccccc2)CC1c1ccc(F)cc1F. The second-order valence-corrected chi connectivity index (χ2v) is 6.65. The van der Waals surface area contributed by atoms with Crippen molar-refractivity contribution in [2.24, 2.45) is 5.41 Å². The van der Waals surface area contributed by atoms with Gasteiger partial charge in [-0.25, -0.2) is 8.78 Å². The maximum atomic E-state index is 14.2. The van der Waals surface area contributed by atoms with Gasteiger partial charge in [-0.15, -0.1) is 0 Å². The normalized spacial score (nSPS) is 23.5. The zero-order valence-corrected chi connectivity index (χ0v) is 14.0. The molecular weight excluding hydrogens is 369 g/mol. The van der Waals surface area contributed by atoms with Crippen LogP contribution in [0.3, 0.4) is 0 Å². The Bertz CT molecular complexity index is 840. The number of hydrogen-bond donors (Lipinski definition) is 1. The summed E-state index contributed by atoms with van der Waals surface area (Å²) in [6, 6.07) is 10.8. The molecule has 0 radical (unpaired) electrons. The molecule has 2 unspecified atom stereocenters. The lowest BCUT2D eigenvalue weighted by molar-refractivity contribution is -0.231. The van der Waals surface area contributed by atoms with Crippen LogP contribution in [0.15, 0.2) is 48.5 Å². The first-order valence-electron chi connectivity index (χ1n) is 8.16. The molecular formula is C19H16F5NO2. The fourth-order valence-electron chi connectivity index (χ4n) is 3.68. The number of carboxylic acid groups (broad SMARTS) is 1. The Hall–Kier alpha value is -2.48. The van der Waals surface area contributed by atoms with Gasteiger partial charge in [0.1, 0.15) is 11.6 Å². The topological polar surface area (TPSA) is 40.5 Å². The molecule has 144 valence electrons. The van der Waals surface area contributed by atoms with Gasteiger partial charge in [0.25, 0.3) is 0 Å². The molecule has 2 aromatic rings. The number of carboxylic acids is 1. The summed E-state index contributed by atoms with van der Waals surface area (Å²) in [7, 11) is 0. The van der Waals surface area contributed by atoms with Crippen molar-refractivity contribution in [1.82, 2.24) is 4.90 Å². The van der Waals surface area contributed by atoms with Gasteiger partial charge in [0, 0.05) is 31.6 Å². The van der Waals surface area contributed by atoms with Gasteiger partial charge >= 0.3 is 12.1 Å². The van der Waals surface area contributed by atoms with E-state index in [4.69, 9.17) is 0 Å². The van der Waals surface area contributed by atoms with Crippen LogP contribution in [-0.2, 0) is 11.3 Å². The number of benzene rings is 2. The van der Waals surface area contributed by atoms with E-state index in [1.165, 1.54) is 4.90 Å². The number of halogens is 5. The van der Waals surface area contributed by atoms with Crippen molar-refractivity contribution in [3.8, 4) is 0 Å². The van der Waals surface area contributed by atoms with E-state index >= 15 is 0 Å². The standard InChI is InChI=1S/C19H16F5NO2/c20-13-6-7-14(16(21)8-13)15-10-25(9-12-4-2-1-3-5-12)11-18(15,17(26)27)19(22,23)24/h1-8,15H,9-11H2,(H,26,27). The predicted octanol–water partition coefficient (Wildman–Crippen LogP) is 4.20. The summed E-state index contributed by atoms with van der Waals surface area (Å²) in [5.41, 5.74) is -2.92. The minimum Gasteiger partial charge on any atom is -0.481 e. The highest BCUT2D eigenvalue weighted by molar-refractivity contribution is 5.78. The van der Waals surface area contributed by atoms with Crippen molar-refractivity contribution < 1.29 is 31.9 Å².